The number of ketones is 1. The van der Waals surface area contributed by atoms with E-state index in [0.717, 1.165) is 0 Å². The van der Waals surface area contributed by atoms with Crippen molar-refractivity contribution in [3.05, 3.63) is 60.4 Å². The fourth-order valence-electron chi connectivity index (χ4n) is 4.55. The van der Waals surface area contributed by atoms with Crippen LogP contribution in [0.15, 0.2) is 59.5 Å². The lowest BCUT2D eigenvalue weighted by Crippen LogP contribution is -2.38. The van der Waals surface area contributed by atoms with Crippen LogP contribution in [0.25, 0.3) is 22.4 Å². The lowest BCUT2D eigenvalue weighted by molar-refractivity contribution is -0.144. The van der Waals surface area contributed by atoms with Crippen molar-refractivity contribution in [1.29, 1.82) is 0 Å². The maximum absolute atomic E-state index is 14.0. The number of piperidine rings is 1. The molecule has 194 valence electrons. The van der Waals surface area contributed by atoms with Gasteiger partial charge in [-0.1, -0.05) is 42.5 Å². The summed E-state index contributed by atoms with van der Waals surface area (Å²) in [4.78, 5) is 21.8. The standard InChI is InChI=1S/C25H23F3N4O4S/c26-25(27,28)24-30-21(15-5-2-1-3-6-15)20(17-7-4-8-18(13-17)37(29,34)35)23(31-24)32-11-9-16(10-12-32)22(33)19-14-36-19/h1-8,13,16,19H,9-12,14H2,(H2,29,34,35). The Morgan fingerprint density at radius 3 is 2.24 bits per heavy atom. The minimum Gasteiger partial charge on any atom is -0.365 e. The minimum atomic E-state index is -4.82. The molecule has 0 bridgehead atoms. The van der Waals surface area contributed by atoms with E-state index in [1.807, 2.05) is 0 Å². The van der Waals surface area contributed by atoms with Gasteiger partial charge in [0.15, 0.2) is 5.78 Å². The van der Waals surface area contributed by atoms with Crippen molar-refractivity contribution < 1.29 is 31.1 Å². The number of nitrogens with zero attached hydrogens (tertiary/aromatic N) is 3. The molecular formula is C25H23F3N4O4S. The molecule has 3 heterocycles. The number of anilines is 1. The summed E-state index contributed by atoms with van der Waals surface area (Å²) >= 11 is 0. The molecule has 2 N–H and O–H groups in total. The molecule has 5 rings (SSSR count). The fourth-order valence-corrected chi connectivity index (χ4v) is 5.11. The third kappa shape index (κ3) is 5.36. The van der Waals surface area contributed by atoms with E-state index in [-0.39, 0.29) is 52.9 Å². The van der Waals surface area contributed by atoms with E-state index in [1.54, 1.807) is 41.3 Å². The Kier molecular flexibility index (Phi) is 6.50. The Labute approximate surface area is 211 Å². The molecule has 0 amide bonds. The van der Waals surface area contributed by atoms with Gasteiger partial charge in [0.2, 0.25) is 15.8 Å². The molecule has 2 aliphatic heterocycles. The molecule has 2 aliphatic rings. The number of Topliss-reactive ketones (excluding diaryl/α,β-unsaturated/α-hetero) is 1. The summed E-state index contributed by atoms with van der Waals surface area (Å²) in [7, 11) is -4.08. The summed E-state index contributed by atoms with van der Waals surface area (Å²) in [5, 5.41) is 5.33. The molecule has 12 heteroatoms. The quantitative estimate of drug-likeness (QED) is 0.481. The first-order chi connectivity index (χ1) is 17.5. The number of epoxide rings is 1. The first kappa shape index (κ1) is 25.3. The van der Waals surface area contributed by atoms with Crippen LogP contribution >= 0.6 is 0 Å². The van der Waals surface area contributed by atoms with Gasteiger partial charge in [-0.3, -0.25) is 4.79 Å². The first-order valence-corrected chi connectivity index (χ1v) is 13.1. The second-order valence-corrected chi connectivity index (χ2v) is 10.6. The Bertz CT molecular complexity index is 1440. The number of carbonyl (C=O) groups is 1. The number of aromatic nitrogens is 2. The first-order valence-electron chi connectivity index (χ1n) is 11.6. The number of ether oxygens (including phenoxy) is 1. The van der Waals surface area contributed by atoms with Crippen molar-refractivity contribution in [2.75, 3.05) is 24.6 Å². The summed E-state index contributed by atoms with van der Waals surface area (Å²) in [6.45, 7) is 0.978. The molecule has 1 aromatic heterocycles. The molecule has 0 saturated carbocycles. The van der Waals surface area contributed by atoms with Gasteiger partial charge in [0.05, 0.1) is 22.8 Å². The van der Waals surface area contributed by atoms with Crippen LogP contribution in [0.2, 0.25) is 0 Å². The average molecular weight is 533 g/mol. The predicted molar refractivity (Wildman–Crippen MR) is 129 cm³/mol. The van der Waals surface area contributed by atoms with Crippen molar-refractivity contribution in [2.45, 2.75) is 30.0 Å². The molecule has 2 aromatic carbocycles. The van der Waals surface area contributed by atoms with E-state index in [1.165, 1.54) is 18.2 Å². The van der Waals surface area contributed by atoms with Gasteiger partial charge in [0, 0.05) is 24.6 Å². The number of halogens is 3. The summed E-state index contributed by atoms with van der Waals surface area (Å²) in [6, 6.07) is 14.0. The molecule has 8 nitrogen and oxygen atoms in total. The molecule has 0 radical (unpaired) electrons. The average Bonchev–Trinajstić information content (AvgIpc) is 3.73. The van der Waals surface area contributed by atoms with Crippen molar-refractivity contribution in [1.82, 2.24) is 9.97 Å². The van der Waals surface area contributed by atoms with Crippen LogP contribution in [0.1, 0.15) is 18.7 Å². The number of primary sulfonamides is 1. The normalized spacial score (nSPS) is 18.6. The Morgan fingerprint density at radius 1 is 1.00 bits per heavy atom. The summed E-state index contributed by atoms with van der Waals surface area (Å²) < 4.78 is 71.1. The van der Waals surface area contributed by atoms with E-state index in [4.69, 9.17) is 9.88 Å². The third-order valence-corrected chi connectivity index (χ3v) is 7.40. The van der Waals surface area contributed by atoms with Crippen molar-refractivity contribution >= 4 is 21.6 Å². The van der Waals surface area contributed by atoms with Crippen LogP contribution in [0.3, 0.4) is 0 Å². The number of rotatable bonds is 6. The summed E-state index contributed by atoms with van der Waals surface area (Å²) in [5.74, 6) is -1.52. The number of carbonyl (C=O) groups excluding carboxylic acids is 1. The lowest BCUT2D eigenvalue weighted by atomic mass is 9.90. The van der Waals surface area contributed by atoms with Gasteiger partial charge in [-0.15, -0.1) is 0 Å². The van der Waals surface area contributed by atoms with Gasteiger partial charge >= 0.3 is 6.18 Å². The zero-order valence-electron chi connectivity index (χ0n) is 19.5. The van der Waals surface area contributed by atoms with E-state index >= 15 is 0 Å². The second-order valence-electron chi connectivity index (χ2n) is 9.02. The molecule has 3 aromatic rings. The molecule has 2 saturated heterocycles. The van der Waals surface area contributed by atoms with Crippen molar-refractivity contribution in [3.8, 4) is 22.4 Å². The number of sulfonamides is 1. The Balaban J connectivity index is 1.68. The molecular weight excluding hydrogens is 509 g/mol. The number of alkyl halides is 3. The molecule has 0 spiro atoms. The third-order valence-electron chi connectivity index (χ3n) is 6.49. The van der Waals surface area contributed by atoms with Crippen LogP contribution in [0.5, 0.6) is 0 Å². The van der Waals surface area contributed by atoms with E-state index in [2.05, 4.69) is 9.97 Å². The van der Waals surface area contributed by atoms with E-state index in [9.17, 15) is 26.4 Å². The predicted octanol–water partition coefficient (Wildman–Crippen LogP) is 3.66. The lowest BCUT2D eigenvalue weighted by Gasteiger charge is -2.34. The van der Waals surface area contributed by atoms with Crippen LogP contribution in [-0.4, -0.2) is 50.0 Å². The maximum Gasteiger partial charge on any atom is 0.451 e. The highest BCUT2D eigenvalue weighted by atomic mass is 32.2. The fraction of sp³-hybridized carbons (Fsp3) is 0.320. The van der Waals surface area contributed by atoms with Gasteiger partial charge in [-0.05, 0) is 30.5 Å². The SMILES string of the molecule is NS(=O)(=O)c1cccc(-c2c(-c3ccccc3)nc(C(F)(F)F)nc2N2CCC(C(=O)C3CO3)CC2)c1. The molecule has 1 atom stereocenters. The minimum absolute atomic E-state index is 0.00840. The molecule has 1 unspecified atom stereocenters. The van der Waals surface area contributed by atoms with E-state index < -0.39 is 22.0 Å². The maximum atomic E-state index is 14.0. The van der Waals surface area contributed by atoms with Gasteiger partial charge < -0.3 is 9.64 Å². The highest BCUT2D eigenvalue weighted by Gasteiger charge is 2.40. The van der Waals surface area contributed by atoms with Crippen LogP contribution < -0.4 is 10.0 Å². The Morgan fingerprint density at radius 2 is 1.65 bits per heavy atom. The number of nitrogens with two attached hydrogens (primary N) is 1. The molecule has 2 fully saturated rings. The smallest absolute Gasteiger partial charge is 0.365 e. The van der Waals surface area contributed by atoms with E-state index in [0.29, 0.717) is 30.6 Å². The zero-order chi connectivity index (χ0) is 26.4. The molecule has 0 aliphatic carbocycles. The highest BCUT2D eigenvalue weighted by molar-refractivity contribution is 7.89. The number of hydrogen-bond donors (Lipinski definition) is 1. The van der Waals surface area contributed by atoms with Crippen LogP contribution in [0.4, 0.5) is 19.0 Å². The van der Waals surface area contributed by atoms with Crippen LogP contribution in [0, 0.1) is 5.92 Å². The van der Waals surface area contributed by atoms with Gasteiger partial charge in [-0.25, -0.2) is 23.5 Å². The largest absolute Gasteiger partial charge is 0.451 e. The second kappa shape index (κ2) is 9.51. The summed E-state index contributed by atoms with van der Waals surface area (Å²) in [6.07, 6.45) is -4.34. The topological polar surface area (TPSA) is 119 Å². The van der Waals surface area contributed by atoms with Crippen molar-refractivity contribution in [2.24, 2.45) is 11.1 Å². The number of benzene rings is 2. The van der Waals surface area contributed by atoms with Gasteiger partial charge in [-0.2, -0.15) is 13.2 Å². The van der Waals surface area contributed by atoms with Gasteiger partial charge in [0.25, 0.3) is 0 Å². The molecule has 37 heavy (non-hydrogen) atoms. The van der Waals surface area contributed by atoms with Crippen molar-refractivity contribution in [3.63, 3.8) is 0 Å². The number of hydrogen-bond acceptors (Lipinski definition) is 7. The monoisotopic (exact) mass is 532 g/mol. The Hall–Kier alpha value is -3.35. The van der Waals surface area contributed by atoms with Crippen LogP contribution in [-0.2, 0) is 25.7 Å². The zero-order valence-corrected chi connectivity index (χ0v) is 20.3. The summed E-state index contributed by atoms with van der Waals surface area (Å²) in [5.41, 5.74) is 0.969. The highest BCUT2D eigenvalue weighted by Crippen LogP contribution is 2.42. The van der Waals surface area contributed by atoms with Gasteiger partial charge in [0.1, 0.15) is 11.9 Å².